The van der Waals surface area contributed by atoms with Crippen molar-refractivity contribution in [2.75, 3.05) is 26.9 Å². The molecule has 0 aromatic heterocycles. The number of aryl methyl sites for hydroxylation is 1. The molecule has 1 aliphatic heterocycles. The van der Waals surface area contributed by atoms with Gasteiger partial charge in [-0.05, 0) is 61.0 Å². The summed E-state index contributed by atoms with van der Waals surface area (Å²) in [5.74, 6) is 1.63. The predicted molar refractivity (Wildman–Crippen MR) is 118 cm³/mol. The van der Waals surface area contributed by atoms with Crippen molar-refractivity contribution in [2.45, 2.75) is 20.3 Å². The lowest BCUT2D eigenvalue weighted by Gasteiger charge is -2.13. The first kappa shape index (κ1) is 21.8. The zero-order chi connectivity index (χ0) is 21.5. The number of hydrogen-bond donors (Lipinski definition) is 0. The fraction of sp³-hybridized carbons (Fsp3) is 0.304. The molecule has 1 saturated heterocycles. The number of carbonyl (C=O) groups is 2. The second-order valence-corrected chi connectivity index (χ2v) is 7.75. The largest absolute Gasteiger partial charge is 0.493 e. The Balaban J connectivity index is 1.64. The van der Waals surface area contributed by atoms with Crippen LogP contribution in [0.15, 0.2) is 47.4 Å². The quantitative estimate of drug-likeness (QED) is 0.530. The van der Waals surface area contributed by atoms with Gasteiger partial charge in [0.05, 0.1) is 25.2 Å². The first-order valence-corrected chi connectivity index (χ1v) is 10.6. The van der Waals surface area contributed by atoms with Gasteiger partial charge in [0.25, 0.3) is 11.1 Å². The number of amides is 2. The maximum Gasteiger partial charge on any atom is 0.293 e. The summed E-state index contributed by atoms with van der Waals surface area (Å²) in [6, 6.07) is 13.1. The van der Waals surface area contributed by atoms with Crippen LogP contribution in [0.3, 0.4) is 0 Å². The van der Waals surface area contributed by atoms with Crippen LogP contribution < -0.4 is 14.2 Å². The van der Waals surface area contributed by atoms with Crippen LogP contribution in [-0.2, 0) is 4.79 Å². The van der Waals surface area contributed by atoms with E-state index in [0.29, 0.717) is 28.8 Å². The molecule has 6 nitrogen and oxygen atoms in total. The first-order valence-electron chi connectivity index (χ1n) is 9.77. The number of rotatable bonds is 9. The fourth-order valence-corrected chi connectivity index (χ4v) is 3.70. The molecular formula is C23H25NO5S. The summed E-state index contributed by atoms with van der Waals surface area (Å²) in [7, 11) is 1.57. The number of benzene rings is 2. The lowest BCUT2D eigenvalue weighted by molar-refractivity contribution is -0.123. The Bertz CT molecular complexity index is 939. The third kappa shape index (κ3) is 5.36. The Morgan fingerprint density at radius 3 is 2.47 bits per heavy atom. The van der Waals surface area contributed by atoms with E-state index in [4.69, 9.17) is 14.2 Å². The maximum absolute atomic E-state index is 12.7. The molecule has 30 heavy (non-hydrogen) atoms. The van der Waals surface area contributed by atoms with Crippen LogP contribution in [0.25, 0.3) is 6.08 Å². The van der Waals surface area contributed by atoms with Crippen molar-refractivity contribution in [1.82, 2.24) is 4.90 Å². The van der Waals surface area contributed by atoms with Crippen LogP contribution in [0.5, 0.6) is 17.2 Å². The van der Waals surface area contributed by atoms with E-state index in [1.165, 1.54) is 4.90 Å². The highest BCUT2D eigenvalue weighted by Crippen LogP contribution is 2.34. The second-order valence-electron chi connectivity index (χ2n) is 6.75. The van der Waals surface area contributed by atoms with Crippen LogP contribution in [-0.4, -0.2) is 42.9 Å². The van der Waals surface area contributed by atoms with E-state index in [-0.39, 0.29) is 24.3 Å². The van der Waals surface area contributed by atoms with Crippen molar-refractivity contribution in [3.05, 3.63) is 58.5 Å². The van der Waals surface area contributed by atoms with Gasteiger partial charge in [0.1, 0.15) is 12.4 Å². The van der Waals surface area contributed by atoms with E-state index in [0.717, 1.165) is 29.3 Å². The monoisotopic (exact) mass is 427 g/mol. The number of nitrogens with zero attached hydrogens (tertiary/aromatic N) is 1. The molecule has 1 fully saturated rings. The molecule has 0 N–H and O–H groups in total. The molecule has 2 aromatic rings. The molecule has 1 aliphatic rings. The Morgan fingerprint density at radius 1 is 1.00 bits per heavy atom. The average Bonchev–Trinajstić information content (AvgIpc) is 3.01. The van der Waals surface area contributed by atoms with Gasteiger partial charge >= 0.3 is 0 Å². The summed E-state index contributed by atoms with van der Waals surface area (Å²) < 4.78 is 16.7. The van der Waals surface area contributed by atoms with E-state index < -0.39 is 0 Å². The third-order valence-corrected chi connectivity index (χ3v) is 5.33. The van der Waals surface area contributed by atoms with Gasteiger partial charge in [0.2, 0.25) is 0 Å². The molecular weight excluding hydrogens is 402 g/mol. The number of carbonyl (C=O) groups excluding carboxylic acids is 2. The molecule has 0 radical (unpaired) electrons. The van der Waals surface area contributed by atoms with Crippen LogP contribution in [0.1, 0.15) is 24.5 Å². The van der Waals surface area contributed by atoms with Crippen molar-refractivity contribution in [3.63, 3.8) is 0 Å². The van der Waals surface area contributed by atoms with Gasteiger partial charge in [-0.2, -0.15) is 0 Å². The minimum absolute atomic E-state index is 0.197. The Labute approximate surface area is 180 Å². The average molecular weight is 428 g/mol. The van der Waals surface area contributed by atoms with Crippen molar-refractivity contribution >= 4 is 29.0 Å². The molecule has 2 aromatic carbocycles. The highest BCUT2D eigenvalue weighted by atomic mass is 32.2. The second kappa shape index (κ2) is 10.2. The Kier molecular flexibility index (Phi) is 7.41. The summed E-state index contributed by atoms with van der Waals surface area (Å²) in [6.45, 7) is 5.06. The molecule has 7 heteroatoms. The SMILES string of the molecule is CCCOc1ccc(/C=C2\SC(=O)N(CCOc3ccc(C)cc3)C2=O)cc1OC. The number of hydrogen-bond acceptors (Lipinski definition) is 6. The fourth-order valence-electron chi connectivity index (χ4n) is 2.84. The Hall–Kier alpha value is -2.93. The lowest BCUT2D eigenvalue weighted by atomic mass is 10.2. The van der Waals surface area contributed by atoms with Gasteiger partial charge in [0.15, 0.2) is 11.5 Å². The minimum atomic E-state index is -0.317. The predicted octanol–water partition coefficient (Wildman–Crippen LogP) is 4.91. The molecule has 158 valence electrons. The van der Waals surface area contributed by atoms with E-state index >= 15 is 0 Å². The normalized spacial score (nSPS) is 15.0. The van der Waals surface area contributed by atoms with Crippen molar-refractivity contribution in [2.24, 2.45) is 0 Å². The van der Waals surface area contributed by atoms with Crippen LogP contribution in [0.4, 0.5) is 4.79 Å². The van der Waals surface area contributed by atoms with Gasteiger partial charge in [-0.3, -0.25) is 14.5 Å². The number of imide groups is 1. The number of thioether (sulfide) groups is 1. The van der Waals surface area contributed by atoms with Crippen molar-refractivity contribution in [1.29, 1.82) is 0 Å². The van der Waals surface area contributed by atoms with Gasteiger partial charge in [-0.25, -0.2) is 0 Å². The van der Waals surface area contributed by atoms with E-state index in [9.17, 15) is 9.59 Å². The molecule has 3 rings (SSSR count). The van der Waals surface area contributed by atoms with E-state index in [1.807, 2.05) is 44.2 Å². The topological polar surface area (TPSA) is 65.1 Å². The summed E-state index contributed by atoms with van der Waals surface area (Å²) in [6.07, 6.45) is 2.59. The first-order chi connectivity index (χ1) is 14.5. The molecule has 2 amide bonds. The smallest absolute Gasteiger partial charge is 0.293 e. The molecule has 0 aliphatic carbocycles. The maximum atomic E-state index is 12.7. The van der Waals surface area contributed by atoms with Gasteiger partial charge in [-0.1, -0.05) is 30.7 Å². The molecule has 0 unspecified atom stereocenters. The summed E-state index contributed by atoms with van der Waals surface area (Å²) in [5.41, 5.74) is 1.90. The number of methoxy groups -OCH3 is 1. The zero-order valence-corrected chi connectivity index (χ0v) is 18.2. The molecule has 0 spiro atoms. The van der Waals surface area contributed by atoms with Crippen LogP contribution >= 0.6 is 11.8 Å². The van der Waals surface area contributed by atoms with Crippen molar-refractivity contribution < 1.29 is 23.8 Å². The molecule has 1 heterocycles. The van der Waals surface area contributed by atoms with Gasteiger partial charge in [0, 0.05) is 0 Å². The Morgan fingerprint density at radius 2 is 1.77 bits per heavy atom. The molecule has 0 bridgehead atoms. The summed E-state index contributed by atoms with van der Waals surface area (Å²) >= 11 is 0.927. The van der Waals surface area contributed by atoms with Crippen LogP contribution in [0.2, 0.25) is 0 Å². The zero-order valence-electron chi connectivity index (χ0n) is 17.3. The lowest BCUT2D eigenvalue weighted by Crippen LogP contribution is -2.32. The third-order valence-electron chi connectivity index (χ3n) is 4.43. The molecule has 0 atom stereocenters. The van der Waals surface area contributed by atoms with Gasteiger partial charge in [-0.15, -0.1) is 0 Å². The van der Waals surface area contributed by atoms with E-state index in [1.54, 1.807) is 25.3 Å². The summed E-state index contributed by atoms with van der Waals surface area (Å²) in [4.78, 5) is 26.6. The minimum Gasteiger partial charge on any atom is -0.493 e. The van der Waals surface area contributed by atoms with Crippen molar-refractivity contribution in [3.8, 4) is 17.2 Å². The summed E-state index contributed by atoms with van der Waals surface area (Å²) in [5, 5.41) is -0.298. The van der Waals surface area contributed by atoms with E-state index in [2.05, 4.69) is 0 Å². The van der Waals surface area contributed by atoms with Crippen LogP contribution in [0, 0.1) is 6.92 Å². The van der Waals surface area contributed by atoms with Gasteiger partial charge < -0.3 is 14.2 Å². The highest BCUT2D eigenvalue weighted by molar-refractivity contribution is 8.18. The standard InChI is InChI=1S/C23H25NO5S/c1-4-12-29-19-10-7-17(14-20(19)27-3)15-21-22(25)24(23(26)30-21)11-13-28-18-8-5-16(2)6-9-18/h5-10,14-15H,4,11-13H2,1-3H3/b21-15-. The highest BCUT2D eigenvalue weighted by Gasteiger charge is 2.34. The molecule has 0 saturated carbocycles. The number of ether oxygens (including phenoxy) is 3.